The summed E-state index contributed by atoms with van der Waals surface area (Å²) in [6, 6.07) is 10.1. The van der Waals surface area contributed by atoms with Gasteiger partial charge in [-0.3, -0.25) is 9.88 Å². The van der Waals surface area contributed by atoms with Crippen LogP contribution in [0.5, 0.6) is 0 Å². The van der Waals surface area contributed by atoms with Gasteiger partial charge in [0.1, 0.15) is 5.78 Å². The molecule has 0 unspecified atom stereocenters. The fourth-order valence-electron chi connectivity index (χ4n) is 2.04. The number of rotatable bonds is 7. The molecule has 0 aliphatic rings. The predicted molar refractivity (Wildman–Crippen MR) is 78.2 cm³/mol. The molecule has 0 radical (unpaired) electrons. The molecular formula is C14H24NO3P. The third-order valence-corrected chi connectivity index (χ3v) is 5.65. The van der Waals surface area contributed by atoms with Crippen molar-refractivity contribution in [1.29, 1.82) is 0 Å². The lowest BCUT2D eigenvalue weighted by molar-refractivity contribution is 0.243. The van der Waals surface area contributed by atoms with E-state index in [1.165, 1.54) is 14.2 Å². The highest BCUT2D eigenvalue weighted by Crippen LogP contribution is 2.53. The van der Waals surface area contributed by atoms with Crippen molar-refractivity contribution >= 4 is 7.60 Å². The molecule has 0 bridgehead atoms. The van der Waals surface area contributed by atoms with Crippen molar-refractivity contribution in [3.05, 3.63) is 35.9 Å². The summed E-state index contributed by atoms with van der Waals surface area (Å²) >= 11 is 0. The Hall–Kier alpha value is -0.670. The lowest BCUT2D eigenvalue weighted by Gasteiger charge is -2.31. The average molecular weight is 285 g/mol. The van der Waals surface area contributed by atoms with Crippen molar-refractivity contribution in [2.75, 3.05) is 14.2 Å². The zero-order valence-electron chi connectivity index (χ0n) is 12.3. The molecule has 1 N–H and O–H groups in total. The van der Waals surface area contributed by atoms with E-state index in [2.05, 4.69) is 5.32 Å². The van der Waals surface area contributed by atoms with E-state index in [-0.39, 0.29) is 17.7 Å². The molecule has 4 nitrogen and oxygen atoms in total. The summed E-state index contributed by atoms with van der Waals surface area (Å²) < 4.78 is 22.8. The van der Waals surface area contributed by atoms with Gasteiger partial charge in [-0.15, -0.1) is 0 Å². The molecule has 0 aromatic heterocycles. The van der Waals surface area contributed by atoms with Crippen LogP contribution in [0.2, 0.25) is 0 Å². The predicted octanol–water partition coefficient (Wildman–Crippen LogP) is 3.81. The molecule has 0 heterocycles. The van der Waals surface area contributed by atoms with Crippen LogP contribution in [0.1, 0.15) is 32.4 Å². The third-order valence-electron chi connectivity index (χ3n) is 3.20. The van der Waals surface area contributed by atoms with Crippen LogP contribution in [0.4, 0.5) is 0 Å². The SMILES string of the molecule is COP(=O)(OC)[C@@H](N[C@H](C)c1ccccc1)C(C)C. The molecule has 0 spiro atoms. The van der Waals surface area contributed by atoms with Crippen LogP contribution < -0.4 is 5.32 Å². The standard InChI is InChI=1S/C14H24NO3P/c1-11(2)14(19(16,17-4)18-5)15-12(3)13-9-7-6-8-10-13/h6-12,14-15H,1-5H3/t12-,14-/m1/s1. The van der Waals surface area contributed by atoms with Gasteiger partial charge in [-0.1, -0.05) is 44.2 Å². The molecule has 1 aromatic carbocycles. The molecule has 1 rings (SSSR count). The molecule has 0 saturated carbocycles. The van der Waals surface area contributed by atoms with E-state index in [1.807, 2.05) is 51.1 Å². The van der Waals surface area contributed by atoms with Crippen LogP contribution in [-0.2, 0) is 13.6 Å². The second kappa shape index (κ2) is 7.20. The molecule has 0 saturated heterocycles. The van der Waals surface area contributed by atoms with Crippen LogP contribution in [0.15, 0.2) is 30.3 Å². The lowest BCUT2D eigenvalue weighted by Crippen LogP contribution is -2.36. The van der Waals surface area contributed by atoms with E-state index in [9.17, 15) is 4.57 Å². The van der Waals surface area contributed by atoms with Crippen molar-refractivity contribution < 1.29 is 13.6 Å². The number of hydrogen-bond acceptors (Lipinski definition) is 4. The molecule has 19 heavy (non-hydrogen) atoms. The van der Waals surface area contributed by atoms with Gasteiger partial charge in [-0.25, -0.2) is 0 Å². The molecule has 5 heteroatoms. The fourth-order valence-corrected chi connectivity index (χ4v) is 3.78. The van der Waals surface area contributed by atoms with Gasteiger partial charge in [-0.2, -0.15) is 0 Å². The molecular weight excluding hydrogens is 261 g/mol. The van der Waals surface area contributed by atoms with Crippen molar-refractivity contribution in [2.24, 2.45) is 5.92 Å². The Morgan fingerprint density at radius 2 is 1.58 bits per heavy atom. The van der Waals surface area contributed by atoms with Gasteiger partial charge in [0.05, 0.1) is 0 Å². The first kappa shape index (κ1) is 16.4. The molecule has 0 fully saturated rings. The molecule has 0 aliphatic carbocycles. The van der Waals surface area contributed by atoms with Crippen LogP contribution in [-0.4, -0.2) is 20.0 Å². The summed E-state index contributed by atoms with van der Waals surface area (Å²) in [5.41, 5.74) is 1.15. The Kier molecular flexibility index (Phi) is 6.21. The van der Waals surface area contributed by atoms with Gasteiger partial charge in [0.15, 0.2) is 0 Å². The zero-order valence-corrected chi connectivity index (χ0v) is 13.2. The highest BCUT2D eigenvalue weighted by Gasteiger charge is 2.37. The maximum absolute atomic E-state index is 12.6. The van der Waals surface area contributed by atoms with E-state index in [0.29, 0.717) is 0 Å². The first-order chi connectivity index (χ1) is 8.94. The minimum absolute atomic E-state index is 0.0761. The topological polar surface area (TPSA) is 47.6 Å². The molecule has 2 atom stereocenters. The highest BCUT2D eigenvalue weighted by molar-refractivity contribution is 7.54. The van der Waals surface area contributed by atoms with E-state index in [4.69, 9.17) is 9.05 Å². The molecule has 108 valence electrons. The number of nitrogens with one attached hydrogen (secondary N) is 1. The highest BCUT2D eigenvalue weighted by atomic mass is 31.2. The fraction of sp³-hybridized carbons (Fsp3) is 0.571. The maximum Gasteiger partial charge on any atom is 0.347 e. The third kappa shape index (κ3) is 4.15. The van der Waals surface area contributed by atoms with Crippen molar-refractivity contribution in [1.82, 2.24) is 5.32 Å². The second-order valence-electron chi connectivity index (χ2n) is 4.89. The quantitative estimate of drug-likeness (QED) is 0.774. The van der Waals surface area contributed by atoms with Gasteiger partial charge >= 0.3 is 7.60 Å². The minimum atomic E-state index is -3.13. The van der Waals surface area contributed by atoms with E-state index in [0.717, 1.165) is 5.56 Å². The Labute approximate surface area is 116 Å². The smallest absolute Gasteiger partial charge is 0.311 e. The Balaban J connectivity index is 2.89. The van der Waals surface area contributed by atoms with Gasteiger partial charge in [0.25, 0.3) is 0 Å². The summed E-state index contributed by atoms with van der Waals surface area (Å²) in [5.74, 6) is -0.199. The first-order valence-electron chi connectivity index (χ1n) is 6.46. The van der Waals surface area contributed by atoms with Crippen molar-refractivity contribution in [3.63, 3.8) is 0 Å². The van der Waals surface area contributed by atoms with E-state index in [1.54, 1.807) is 0 Å². The molecule has 0 amide bonds. The number of hydrogen-bond donors (Lipinski definition) is 1. The van der Waals surface area contributed by atoms with Gasteiger partial charge < -0.3 is 9.05 Å². The summed E-state index contributed by atoms with van der Waals surface area (Å²) in [7, 11) is -0.283. The van der Waals surface area contributed by atoms with E-state index < -0.39 is 7.60 Å². The summed E-state index contributed by atoms with van der Waals surface area (Å²) in [4.78, 5) is 0. The second-order valence-corrected chi connectivity index (χ2v) is 7.26. The zero-order chi connectivity index (χ0) is 14.5. The minimum Gasteiger partial charge on any atom is -0.311 e. The maximum atomic E-state index is 12.6. The Bertz CT molecular complexity index is 414. The summed E-state index contributed by atoms with van der Waals surface area (Å²) in [6.45, 7) is 6.04. The van der Waals surface area contributed by atoms with Gasteiger partial charge in [0, 0.05) is 20.3 Å². The van der Waals surface area contributed by atoms with Crippen molar-refractivity contribution in [2.45, 2.75) is 32.6 Å². The van der Waals surface area contributed by atoms with E-state index >= 15 is 0 Å². The Morgan fingerprint density at radius 3 is 2.00 bits per heavy atom. The van der Waals surface area contributed by atoms with Crippen molar-refractivity contribution in [3.8, 4) is 0 Å². The largest absolute Gasteiger partial charge is 0.347 e. The van der Waals surface area contributed by atoms with Crippen LogP contribution in [0.3, 0.4) is 0 Å². The Morgan fingerprint density at radius 1 is 1.05 bits per heavy atom. The summed E-state index contributed by atoms with van der Waals surface area (Å²) in [6.07, 6.45) is 0. The lowest BCUT2D eigenvalue weighted by atomic mass is 10.1. The monoisotopic (exact) mass is 285 g/mol. The molecule has 0 aliphatic heterocycles. The van der Waals surface area contributed by atoms with Crippen LogP contribution in [0.25, 0.3) is 0 Å². The number of benzene rings is 1. The average Bonchev–Trinajstić information content (AvgIpc) is 2.44. The molecule has 1 aromatic rings. The van der Waals surface area contributed by atoms with Crippen LogP contribution >= 0.6 is 7.60 Å². The first-order valence-corrected chi connectivity index (χ1v) is 8.08. The van der Waals surface area contributed by atoms with Gasteiger partial charge in [-0.05, 0) is 18.4 Å². The summed E-state index contributed by atoms with van der Waals surface area (Å²) in [5, 5.41) is 3.36. The van der Waals surface area contributed by atoms with Crippen LogP contribution in [0, 0.1) is 5.92 Å². The van der Waals surface area contributed by atoms with Gasteiger partial charge in [0.2, 0.25) is 0 Å². The normalized spacial score (nSPS) is 15.5.